The van der Waals surface area contributed by atoms with Crippen LogP contribution >= 0.6 is 0 Å². The molecule has 0 aliphatic heterocycles. The summed E-state index contributed by atoms with van der Waals surface area (Å²) >= 11 is 0. The van der Waals surface area contributed by atoms with Crippen LogP contribution in [0.4, 0.5) is 0 Å². The summed E-state index contributed by atoms with van der Waals surface area (Å²) in [7, 11) is 0. The molecular formula is C83H161NO5. The number of nitrogens with one attached hydrogen (secondary N) is 1. The van der Waals surface area contributed by atoms with Gasteiger partial charge in [0.1, 0.15) is 0 Å². The lowest BCUT2D eigenvalue weighted by atomic mass is 10.0. The second kappa shape index (κ2) is 78.8. The van der Waals surface area contributed by atoms with E-state index in [1.807, 2.05) is 6.08 Å². The quantitative estimate of drug-likeness (QED) is 0.0320. The van der Waals surface area contributed by atoms with Crippen molar-refractivity contribution < 1.29 is 24.5 Å². The monoisotopic (exact) mass is 1250 g/mol. The van der Waals surface area contributed by atoms with Crippen LogP contribution in [-0.2, 0) is 14.3 Å². The van der Waals surface area contributed by atoms with Crippen LogP contribution in [0, 0.1) is 0 Å². The number of hydrogen-bond acceptors (Lipinski definition) is 5. The molecule has 0 radical (unpaired) electrons. The van der Waals surface area contributed by atoms with Crippen LogP contribution in [0.2, 0.25) is 0 Å². The molecule has 0 saturated carbocycles. The maximum Gasteiger partial charge on any atom is 0.305 e. The van der Waals surface area contributed by atoms with E-state index in [9.17, 15) is 19.8 Å². The SMILES string of the molecule is CCCCCCCCCCCCCCCCCCC/C=C/C(O)C(CO)NC(=O)CCCCCCCCCCCCCCCCCCC/C=C\CCCCCCCCCCCCCCCCCCCCOC(=O)CCCCCCCCCCCCCCCC. The summed E-state index contributed by atoms with van der Waals surface area (Å²) in [4.78, 5) is 24.6. The summed E-state index contributed by atoms with van der Waals surface area (Å²) in [5, 5.41) is 23.3. The summed E-state index contributed by atoms with van der Waals surface area (Å²) in [5.74, 6) is -0.0336. The van der Waals surface area contributed by atoms with E-state index in [0.717, 1.165) is 38.5 Å². The van der Waals surface area contributed by atoms with E-state index in [1.54, 1.807) is 6.08 Å². The lowest BCUT2D eigenvalue weighted by molar-refractivity contribution is -0.143. The van der Waals surface area contributed by atoms with Crippen LogP contribution in [0.1, 0.15) is 470 Å². The molecule has 3 N–H and O–H groups in total. The third kappa shape index (κ3) is 75.3. The summed E-state index contributed by atoms with van der Waals surface area (Å²) in [6.45, 7) is 4.96. The normalized spacial score (nSPS) is 12.5. The Morgan fingerprint density at radius 2 is 0.528 bits per heavy atom. The molecule has 1 amide bonds. The lowest BCUT2D eigenvalue weighted by Gasteiger charge is -2.20. The zero-order valence-corrected chi connectivity index (χ0v) is 60.7. The molecule has 0 spiro atoms. The number of carbonyl (C=O) groups is 2. The smallest absolute Gasteiger partial charge is 0.305 e. The molecular weight excluding hydrogens is 1090 g/mol. The number of ether oxygens (including phenoxy) is 1. The van der Waals surface area contributed by atoms with Crippen molar-refractivity contribution in [2.75, 3.05) is 13.2 Å². The van der Waals surface area contributed by atoms with Crippen molar-refractivity contribution in [1.82, 2.24) is 5.32 Å². The molecule has 6 heteroatoms. The Bertz CT molecular complexity index is 1400. The van der Waals surface area contributed by atoms with Crippen LogP contribution in [0.15, 0.2) is 24.3 Å². The van der Waals surface area contributed by atoms with Gasteiger partial charge in [-0.05, 0) is 57.8 Å². The molecule has 0 heterocycles. The molecule has 0 bridgehead atoms. The van der Waals surface area contributed by atoms with Gasteiger partial charge in [-0.1, -0.05) is 423 Å². The molecule has 0 aromatic rings. The Balaban J connectivity index is 3.33. The Labute approximate surface area is 558 Å². The molecule has 0 aromatic heterocycles. The molecule has 89 heavy (non-hydrogen) atoms. The minimum Gasteiger partial charge on any atom is -0.466 e. The van der Waals surface area contributed by atoms with Crippen molar-refractivity contribution >= 4 is 11.9 Å². The fourth-order valence-corrected chi connectivity index (χ4v) is 13.2. The topological polar surface area (TPSA) is 95.9 Å². The average molecular weight is 1250 g/mol. The maximum atomic E-state index is 12.5. The van der Waals surface area contributed by atoms with Crippen LogP contribution in [-0.4, -0.2) is 47.4 Å². The first-order valence-corrected chi connectivity index (χ1v) is 41.1. The Hall–Kier alpha value is -1.66. The Kier molecular flexibility index (Phi) is 77.3. The number of unbranched alkanes of at least 4 members (excludes halogenated alkanes) is 65. The molecule has 2 atom stereocenters. The second-order valence-corrected chi connectivity index (χ2v) is 28.5. The number of hydrogen-bond donors (Lipinski definition) is 3. The van der Waals surface area contributed by atoms with E-state index in [1.165, 1.54) is 405 Å². The summed E-state index contributed by atoms with van der Waals surface area (Å²) < 4.78 is 5.50. The Morgan fingerprint density at radius 1 is 0.303 bits per heavy atom. The van der Waals surface area contributed by atoms with Crippen molar-refractivity contribution in [3.63, 3.8) is 0 Å². The third-order valence-corrected chi connectivity index (χ3v) is 19.5. The average Bonchev–Trinajstić information content (AvgIpc) is 3.62. The number of aliphatic hydroxyl groups excluding tert-OH is 2. The van der Waals surface area contributed by atoms with Gasteiger partial charge in [-0.2, -0.15) is 0 Å². The highest BCUT2D eigenvalue weighted by Crippen LogP contribution is 2.20. The van der Waals surface area contributed by atoms with Crippen molar-refractivity contribution in [3.05, 3.63) is 24.3 Å². The molecule has 6 nitrogen and oxygen atoms in total. The van der Waals surface area contributed by atoms with E-state index < -0.39 is 12.1 Å². The molecule has 0 fully saturated rings. The number of aliphatic hydroxyl groups is 2. The van der Waals surface area contributed by atoms with Crippen molar-refractivity contribution in [3.8, 4) is 0 Å². The highest BCUT2D eigenvalue weighted by atomic mass is 16.5. The molecule has 0 rings (SSSR count). The van der Waals surface area contributed by atoms with Crippen LogP contribution in [0.5, 0.6) is 0 Å². The predicted molar refractivity (Wildman–Crippen MR) is 393 cm³/mol. The van der Waals surface area contributed by atoms with E-state index in [4.69, 9.17) is 4.74 Å². The summed E-state index contributed by atoms with van der Waals surface area (Å²) in [6, 6.07) is -0.625. The molecule has 0 aliphatic carbocycles. The zero-order chi connectivity index (χ0) is 64.2. The van der Waals surface area contributed by atoms with Gasteiger partial charge in [0.05, 0.1) is 25.4 Å². The first-order chi connectivity index (χ1) is 44.0. The Morgan fingerprint density at radius 3 is 0.798 bits per heavy atom. The van der Waals surface area contributed by atoms with Gasteiger partial charge in [-0.3, -0.25) is 9.59 Å². The van der Waals surface area contributed by atoms with Gasteiger partial charge in [0.25, 0.3) is 0 Å². The van der Waals surface area contributed by atoms with Crippen LogP contribution < -0.4 is 5.32 Å². The molecule has 0 saturated heterocycles. The zero-order valence-electron chi connectivity index (χ0n) is 60.7. The molecule has 528 valence electrons. The van der Waals surface area contributed by atoms with Gasteiger partial charge in [-0.25, -0.2) is 0 Å². The van der Waals surface area contributed by atoms with Crippen molar-refractivity contribution in [1.29, 1.82) is 0 Å². The number of rotatable bonds is 78. The number of allylic oxidation sites excluding steroid dienone is 3. The highest BCUT2D eigenvalue weighted by Gasteiger charge is 2.18. The molecule has 0 aromatic carbocycles. The molecule has 0 aliphatic rings. The summed E-state index contributed by atoms with van der Waals surface area (Å²) in [6.07, 6.45) is 102. The number of amides is 1. The third-order valence-electron chi connectivity index (χ3n) is 19.5. The van der Waals surface area contributed by atoms with Gasteiger partial charge >= 0.3 is 5.97 Å². The van der Waals surface area contributed by atoms with Crippen LogP contribution in [0.3, 0.4) is 0 Å². The number of carbonyl (C=O) groups excluding carboxylic acids is 2. The summed E-state index contributed by atoms with van der Waals surface area (Å²) in [5.41, 5.74) is 0. The van der Waals surface area contributed by atoms with Gasteiger partial charge in [0.2, 0.25) is 5.91 Å². The highest BCUT2D eigenvalue weighted by molar-refractivity contribution is 5.76. The van der Waals surface area contributed by atoms with E-state index in [-0.39, 0.29) is 18.5 Å². The van der Waals surface area contributed by atoms with E-state index >= 15 is 0 Å². The first kappa shape index (κ1) is 87.3. The van der Waals surface area contributed by atoms with Crippen LogP contribution in [0.25, 0.3) is 0 Å². The van der Waals surface area contributed by atoms with Gasteiger partial charge in [0.15, 0.2) is 0 Å². The minimum atomic E-state index is -0.842. The minimum absolute atomic E-state index is 0.0255. The van der Waals surface area contributed by atoms with E-state index in [2.05, 4.69) is 31.3 Å². The fourth-order valence-electron chi connectivity index (χ4n) is 13.2. The van der Waals surface area contributed by atoms with Gasteiger partial charge < -0.3 is 20.3 Å². The number of esters is 1. The van der Waals surface area contributed by atoms with Gasteiger partial charge in [0, 0.05) is 12.8 Å². The largest absolute Gasteiger partial charge is 0.466 e. The fraction of sp³-hybridized carbons (Fsp3) is 0.928. The first-order valence-electron chi connectivity index (χ1n) is 41.1. The van der Waals surface area contributed by atoms with Crippen molar-refractivity contribution in [2.24, 2.45) is 0 Å². The van der Waals surface area contributed by atoms with E-state index in [0.29, 0.717) is 19.4 Å². The molecule has 2 unspecified atom stereocenters. The lowest BCUT2D eigenvalue weighted by Crippen LogP contribution is -2.45. The predicted octanol–water partition coefficient (Wildman–Crippen LogP) is 27.2. The van der Waals surface area contributed by atoms with Gasteiger partial charge in [-0.15, -0.1) is 0 Å². The second-order valence-electron chi connectivity index (χ2n) is 28.5. The standard InChI is InChI=1S/C83H161NO5/c1-3-5-7-9-11-13-15-17-19-20-42-45-48-51-55-59-63-67-71-75-81(86)80(79-85)84-82(87)76-72-68-64-60-56-52-49-46-43-40-38-36-34-32-30-28-26-24-22-21-23-25-27-29-31-33-35-37-39-41-44-47-50-54-58-62-66-70-74-78-89-83(88)77-73-69-65-61-57-53-18-16-14-12-10-8-6-4-2/h21-22,71,75,80-81,85-86H,3-20,23-70,72-74,76-79H2,1-2H3,(H,84,87)/b22-21-,75-71+. The maximum absolute atomic E-state index is 12.5. The van der Waals surface area contributed by atoms with Crippen molar-refractivity contribution in [2.45, 2.75) is 482 Å².